The highest BCUT2D eigenvalue weighted by molar-refractivity contribution is 5.74. The molecule has 24 heavy (non-hydrogen) atoms. The molecule has 0 amide bonds. The highest BCUT2D eigenvalue weighted by Crippen LogP contribution is 2.38. The average Bonchev–Trinajstić information content (AvgIpc) is 3.00. The molecule has 1 aromatic carbocycles. The predicted octanol–water partition coefficient (Wildman–Crippen LogP) is 3.63. The fraction of sp³-hybridized carbons (Fsp3) is 0.294. The molecule has 0 saturated carbocycles. The fourth-order valence-corrected chi connectivity index (χ4v) is 3.21. The summed E-state index contributed by atoms with van der Waals surface area (Å²) in [6.07, 6.45) is -0.754. The molecule has 3 heterocycles. The number of hydrogen-bond acceptors (Lipinski definition) is 3. The summed E-state index contributed by atoms with van der Waals surface area (Å²) in [6.45, 7) is 1.14. The van der Waals surface area contributed by atoms with Gasteiger partial charge in [-0.15, -0.1) is 0 Å². The topological polar surface area (TPSA) is 44.8 Å². The molecule has 3 aromatic rings. The van der Waals surface area contributed by atoms with Gasteiger partial charge in [-0.05, 0) is 42.8 Å². The van der Waals surface area contributed by atoms with Crippen LogP contribution in [-0.2, 0) is 19.1 Å². The summed E-state index contributed by atoms with van der Waals surface area (Å²) < 4.78 is 40.6. The lowest BCUT2D eigenvalue weighted by molar-refractivity contribution is -0.138. The Bertz CT molecular complexity index is 914. The Balaban J connectivity index is 1.90. The van der Waals surface area contributed by atoms with Crippen LogP contribution in [0.4, 0.5) is 13.2 Å². The van der Waals surface area contributed by atoms with Crippen LogP contribution in [0.3, 0.4) is 0 Å². The zero-order chi connectivity index (χ0) is 16.9. The van der Waals surface area contributed by atoms with E-state index in [4.69, 9.17) is 0 Å². The molecular formula is C17H15F3N4. The maximum Gasteiger partial charge on any atom is 0.416 e. The number of H-pyrrole nitrogens is 1. The van der Waals surface area contributed by atoms with Crippen molar-refractivity contribution in [2.75, 3.05) is 13.6 Å². The summed E-state index contributed by atoms with van der Waals surface area (Å²) in [6, 6.07) is 4.76. The number of benzene rings is 1. The van der Waals surface area contributed by atoms with E-state index in [-0.39, 0.29) is 0 Å². The number of nitrogens with one attached hydrogen (secondary N) is 1. The van der Waals surface area contributed by atoms with Crippen molar-refractivity contribution < 1.29 is 13.2 Å². The maximum atomic E-state index is 13.5. The lowest BCUT2D eigenvalue weighted by atomic mass is 9.91. The van der Waals surface area contributed by atoms with Crippen LogP contribution in [-0.4, -0.2) is 33.4 Å². The van der Waals surface area contributed by atoms with Crippen LogP contribution in [0.5, 0.6) is 0 Å². The molecule has 124 valence electrons. The molecule has 4 nitrogen and oxygen atoms in total. The minimum Gasteiger partial charge on any atom is -0.345 e. The van der Waals surface area contributed by atoms with Crippen LogP contribution in [0.25, 0.3) is 22.4 Å². The van der Waals surface area contributed by atoms with Gasteiger partial charge in [-0.3, -0.25) is 0 Å². The molecule has 0 spiro atoms. The first kappa shape index (κ1) is 15.1. The van der Waals surface area contributed by atoms with Crippen LogP contribution in [0.2, 0.25) is 0 Å². The Morgan fingerprint density at radius 3 is 2.88 bits per heavy atom. The number of nitrogens with zero attached hydrogens (tertiary/aromatic N) is 3. The van der Waals surface area contributed by atoms with Crippen LogP contribution >= 0.6 is 0 Å². The highest BCUT2D eigenvalue weighted by Gasteiger charge is 2.36. The fourth-order valence-electron chi connectivity index (χ4n) is 3.21. The minimum atomic E-state index is -4.37. The molecule has 1 aliphatic rings. The third-order valence-corrected chi connectivity index (χ3v) is 4.39. The summed E-state index contributed by atoms with van der Waals surface area (Å²) in [5.74, 6) is 0. The second-order valence-corrected chi connectivity index (χ2v) is 6.11. The Morgan fingerprint density at radius 1 is 1.25 bits per heavy atom. The SMILES string of the molecule is CN1CCc2c(cc(-c3cnc4[nH]ccc4n3)cc2C(F)(F)F)C1. The number of aromatic amines is 1. The number of halogens is 3. The standard InChI is InChI=1S/C17H15F3N4/c1-24-5-3-12-11(9-24)6-10(7-13(12)17(18,19)20)15-8-22-16-14(23-15)2-4-21-16/h2,4,6-8H,3,5,9H2,1H3,(H,21,22). The van der Waals surface area contributed by atoms with Crippen molar-refractivity contribution in [1.82, 2.24) is 19.9 Å². The summed E-state index contributed by atoms with van der Waals surface area (Å²) in [5.41, 5.74) is 2.71. The van der Waals surface area contributed by atoms with Gasteiger partial charge in [0, 0.05) is 24.8 Å². The van der Waals surface area contributed by atoms with Crippen molar-refractivity contribution in [3.05, 3.63) is 47.3 Å². The van der Waals surface area contributed by atoms with Gasteiger partial charge in [0.1, 0.15) is 5.52 Å². The molecule has 0 atom stereocenters. The van der Waals surface area contributed by atoms with Gasteiger partial charge in [-0.1, -0.05) is 0 Å². The molecule has 1 N–H and O–H groups in total. The first-order chi connectivity index (χ1) is 11.4. The van der Waals surface area contributed by atoms with Crippen molar-refractivity contribution >= 4 is 11.2 Å². The Hall–Kier alpha value is -2.41. The lowest BCUT2D eigenvalue weighted by Crippen LogP contribution is -2.28. The molecule has 7 heteroatoms. The van der Waals surface area contributed by atoms with Crippen molar-refractivity contribution in [3.8, 4) is 11.3 Å². The van der Waals surface area contributed by atoms with Gasteiger partial charge in [0.25, 0.3) is 0 Å². The number of aromatic nitrogens is 3. The van der Waals surface area contributed by atoms with Gasteiger partial charge in [0.05, 0.1) is 17.5 Å². The van der Waals surface area contributed by atoms with E-state index in [1.54, 1.807) is 12.3 Å². The summed E-state index contributed by atoms with van der Waals surface area (Å²) >= 11 is 0. The van der Waals surface area contributed by atoms with Crippen LogP contribution in [0.15, 0.2) is 30.6 Å². The minimum absolute atomic E-state index is 0.403. The van der Waals surface area contributed by atoms with Gasteiger partial charge >= 0.3 is 6.18 Å². The zero-order valence-electron chi connectivity index (χ0n) is 13.0. The second kappa shape index (κ2) is 5.31. The molecule has 1 aliphatic heterocycles. The Morgan fingerprint density at radius 2 is 2.08 bits per heavy atom. The average molecular weight is 332 g/mol. The largest absolute Gasteiger partial charge is 0.416 e. The molecule has 0 bridgehead atoms. The molecule has 0 saturated heterocycles. The molecule has 0 unspecified atom stereocenters. The maximum absolute atomic E-state index is 13.5. The van der Waals surface area contributed by atoms with Gasteiger partial charge in [0.2, 0.25) is 0 Å². The summed E-state index contributed by atoms with van der Waals surface area (Å²) in [4.78, 5) is 13.6. The Kier molecular flexibility index (Phi) is 3.35. The molecule has 2 aromatic heterocycles. The van der Waals surface area contributed by atoms with Gasteiger partial charge < -0.3 is 9.88 Å². The normalized spacial score (nSPS) is 15.7. The van der Waals surface area contributed by atoms with E-state index in [9.17, 15) is 13.2 Å². The van der Waals surface area contributed by atoms with Gasteiger partial charge in [0.15, 0.2) is 5.65 Å². The van der Waals surface area contributed by atoms with E-state index in [2.05, 4.69) is 15.0 Å². The Labute approximate surface area is 136 Å². The van der Waals surface area contributed by atoms with Crippen molar-refractivity contribution in [2.45, 2.75) is 19.1 Å². The number of likely N-dealkylation sites (N-methyl/N-ethyl adjacent to an activating group) is 1. The number of fused-ring (bicyclic) bond motifs is 2. The van der Waals surface area contributed by atoms with Crippen molar-refractivity contribution in [2.24, 2.45) is 0 Å². The van der Waals surface area contributed by atoms with Crippen molar-refractivity contribution in [3.63, 3.8) is 0 Å². The van der Waals surface area contributed by atoms with Gasteiger partial charge in [-0.2, -0.15) is 13.2 Å². The number of rotatable bonds is 1. The quantitative estimate of drug-likeness (QED) is 0.740. The molecule has 0 fully saturated rings. The second-order valence-electron chi connectivity index (χ2n) is 6.11. The number of hydrogen-bond donors (Lipinski definition) is 1. The van der Waals surface area contributed by atoms with E-state index in [1.165, 1.54) is 12.3 Å². The van der Waals surface area contributed by atoms with Crippen LogP contribution in [0.1, 0.15) is 16.7 Å². The zero-order valence-corrected chi connectivity index (χ0v) is 13.0. The van der Waals surface area contributed by atoms with E-state index in [1.807, 2.05) is 18.0 Å². The third kappa shape index (κ3) is 2.54. The third-order valence-electron chi connectivity index (χ3n) is 4.39. The first-order valence-electron chi connectivity index (χ1n) is 7.64. The number of alkyl halides is 3. The molecular weight excluding hydrogens is 317 g/mol. The monoisotopic (exact) mass is 332 g/mol. The van der Waals surface area contributed by atoms with E-state index < -0.39 is 11.7 Å². The highest BCUT2D eigenvalue weighted by atomic mass is 19.4. The first-order valence-corrected chi connectivity index (χ1v) is 7.64. The van der Waals surface area contributed by atoms with Crippen molar-refractivity contribution in [1.29, 1.82) is 0 Å². The van der Waals surface area contributed by atoms with Crippen LogP contribution in [0, 0.1) is 0 Å². The van der Waals surface area contributed by atoms with Crippen LogP contribution < -0.4 is 0 Å². The molecule has 0 radical (unpaired) electrons. The summed E-state index contributed by atoms with van der Waals surface area (Å²) in [5, 5.41) is 0. The van der Waals surface area contributed by atoms with E-state index in [0.29, 0.717) is 53.1 Å². The van der Waals surface area contributed by atoms with E-state index in [0.717, 1.165) is 0 Å². The predicted molar refractivity (Wildman–Crippen MR) is 84.4 cm³/mol. The molecule has 4 rings (SSSR count). The summed E-state index contributed by atoms with van der Waals surface area (Å²) in [7, 11) is 1.91. The van der Waals surface area contributed by atoms with Gasteiger partial charge in [-0.25, -0.2) is 9.97 Å². The van der Waals surface area contributed by atoms with E-state index >= 15 is 0 Å². The molecule has 0 aliphatic carbocycles. The lowest BCUT2D eigenvalue weighted by Gasteiger charge is -2.28. The smallest absolute Gasteiger partial charge is 0.345 e.